The van der Waals surface area contributed by atoms with Crippen LogP contribution in [0, 0.1) is 10.1 Å². The summed E-state index contributed by atoms with van der Waals surface area (Å²) in [7, 11) is 0. The highest BCUT2D eigenvalue weighted by Crippen LogP contribution is 2.25. The maximum absolute atomic E-state index is 10.6. The average Bonchev–Trinajstić information content (AvgIpc) is 2.33. The minimum atomic E-state index is -0.468. The third-order valence-corrected chi connectivity index (χ3v) is 3.11. The molecule has 5 nitrogen and oxygen atoms in total. The molecule has 0 saturated heterocycles. The van der Waals surface area contributed by atoms with Gasteiger partial charge in [-0.1, -0.05) is 23.7 Å². The number of aromatic nitrogens is 2. The number of hydrogen-bond acceptors (Lipinski definition) is 4. The van der Waals surface area contributed by atoms with Crippen molar-refractivity contribution in [1.29, 1.82) is 0 Å². The summed E-state index contributed by atoms with van der Waals surface area (Å²) in [5, 5.41) is 10.9. The minimum absolute atomic E-state index is 0.00913. The number of non-ortho nitro benzene ring substituents is 1. The van der Waals surface area contributed by atoms with Crippen LogP contribution in [0.1, 0.15) is 0 Å². The van der Waals surface area contributed by atoms with Gasteiger partial charge in [0.1, 0.15) is 5.15 Å². The van der Waals surface area contributed by atoms with Crippen LogP contribution in [0.25, 0.3) is 11.4 Å². The molecule has 2 aromatic rings. The van der Waals surface area contributed by atoms with Crippen molar-refractivity contribution in [2.45, 2.75) is 0 Å². The Labute approximate surface area is 110 Å². The molecule has 2 rings (SSSR count). The molecular formula is C10H5BrClN3O2. The molecule has 0 atom stereocenters. The molecule has 1 aromatic carbocycles. The lowest BCUT2D eigenvalue weighted by Gasteiger charge is -2.01. The summed E-state index contributed by atoms with van der Waals surface area (Å²) in [6.45, 7) is 0. The van der Waals surface area contributed by atoms with E-state index in [-0.39, 0.29) is 10.8 Å². The van der Waals surface area contributed by atoms with Gasteiger partial charge in [0, 0.05) is 23.9 Å². The van der Waals surface area contributed by atoms with Crippen molar-refractivity contribution in [1.82, 2.24) is 9.97 Å². The molecule has 0 aliphatic rings. The minimum Gasteiger partial charge on any atom is -0.258 e. The fourth-order valence-electron chi connectivity index (χ4n) is 1.24. The first-order chi connectivity index (χ1) is 8.08. The van der Waals surface area contributed by atoms with Gasteiger partial charge in [0.15, 0.2) is 5.82 Å². The molecule has 0 spiro atoms. The Bertz CT molecular complexity index is 592. The molecule has 0 N–H and O–H groups in total. The lowest BCUT2D eigenvalue weighted by molar-refractivity contribution is -0.384. The molecule has 0 aliphatic carbocycles. The summed E-state index contributed by atoms with van der Waals surface area (Å²) in [5.41, 5.74) is 0.541. The van der Waals surface area contributed by atoms with Crippen LogP contribution in [-0.2, 0) is 0 Å². The Morgan fingerprint density at radius 3 is 2.82 bits per heavy atom. The van der Waals surface area contributed by atoms with E-state index in [0.717, 1.165) is 0 Å². The van der Waals surface area contributed by atoms with Crippen LogP contribution in [0.15, 0.2) is 34.9 Å². The summed E-state index contributed by atoms with van der Waals surface area (Å²) < 4.78 is 0.577. The monoisotopic (exact) mass is 313 g/mol. The summed E-state index contributed by atoms with van der Waals surface area (Å²) in [6, 6.07) is 6.07. The van der Waals surface area contributed by atoms with E-state index in [4.69, 9.17) is 11.6 Å². The molecule has 86 valence electrons. The van der Waals surface area contributed by atoms with Gasteiger partial charge in [-0.3, -0.25) is 10.1 Å². The van der Waals surface area contributed by atoms with E-state index in [9.17, 15) is 10.1 Å². The van der Waals surface area contributed by atoms with Crippen molar-refractivity contribution < 1.29 is 4.92 Å². The number of hydrogen-bond donors (Lipinski definition) is 0. The highest BCUT2D eigenvalue weighted by Gasteiger charge is 2.10. The largest absolute Gasteiger partial charge is 0.270 e. The van der Waals surface area contributed by atoms with Crippen molar-refractivity contribution in [3.05, 3.63) is 50.2 Å². The standard InChI is InChI=1S/C10H5BrClN3O2/c11-8-5-13-10(14-9(8)12)6-2-1-3-7(4-6)15(16)17/h1-5H. The molecule has 17 heavy (non-hydrogen) atoms. The fraction of sp³-hybridized carbons (Fsp3) is 0. The molecular weight excluding hydrogens is 309 g/mol. The molecule has 1 heterocycles. The van der Waals surface area contributed by atoms with Gasteiger partial charge in [0.2, 0.25) is 0 Å². The quantitative estimate of drug-likeness (QED) is 0.483. The second-order valence-corrected chi connectivity index (χ2v) is 4.35. The van der Waals surface area contributed by atoms with E-state index in [1.165, 1.54) is 18.3 Å². The van der Waals surface area contributed by atoms with Crippen LogP contribution in [0.5, 0.6) is 0 Å². The summed E-state index contributed by atoms with van der Waals surface area (Å²) in [4.78, 5) is 18.2. The van der Waals surface area contributed by atoms with Crippen LogP contribution < -0.4 is 0 Å². The average molecular weight is 315 g/mol. The predicted molar refractivity (Wildman–Crippen MR) is 66.8 cm³/mol. The van der Waals surface area contributed by atoms with Crippen molar-refractivity contribution in [3.8, 4) is 11.4 Å². The van der Waals surface area contributed by atoms with E-state index in [1.54, 1.807) is 12.1 Å². The third kappa shape index (κ3) is 2.59. The molecule has 0 fully saturated rings. The predicted octanol–water partition coefficient (Wildman–Crippen LogP) is 3.47. The highest BCUT2D eigenvalue weighted by molar-refractivity contribution is 9.10. The highest BCUT2D eigenvalue weighted by atomic mass is 79.9. The molecule has 0 radical (unpaired) electrons. The number of benzene rings is 1. The van der Waals surface area contributed by atoms with Crippen molar-refractivity contribution in [2.75, 3.05) is 0 Å². The molecule has 0 saturated carbocycles. The van der Waals surface area contributed by atoms with Gasteiger partial charge in [-0.25, -0.2) is 9.97 Å². The Balaban J connectivity index is 2.49. The van der Waals surface area contributed by atoms with Gasteiger partial charge in [-0.15, -0.1) is 0 Å². The van der Waals surface area contributed by atoms with E-state index in [1.807, 2.05) is 0 Å². The first kappa shape index (κ1) is 11.9. The van der Waals surface area contributed by atoms with Gasteiger partial charge in [0.25, 0.3) is 5.69 Å². The Morgan fingerprint density at radius 1 is 1.41 bits per heavy atom. The molecule has 7 heteroatoms. The Kier molecular flexibility index (Phi) is 3.35. The van der Waals surface area contributed by atoms with E-state index in [0.29, 0.717) is 15.9 Å². The van der Waals surface area contributed by atoms with Crippen molar-refractivity contribution >= 4 is 33.2 Å². The lowest BCUT2D eigenvalue weighted by atomic mass is 10.2. The van der Waals surface area contributed by atoms with Crippen LogP contribution >= 0.6 is 27.5 Å². The zero-order valence-corrected chi connectivity index (χ0v) is 10.6. The lowest BCUT2D eigenvalue weighted by Crippen LogP contribution is -1.92. The van der Waals surface area contributed by atoms with Crippen molar-refractivity contribution in [3.63, 3.8) is 0 Å². The first-order valence-electron chi connectivity index (χ1n) is 4.51. The van der Waals surface area contributed by atoms with E-state index >= 15 is 0 Å². The van der Waals surface area contributed by atoms with Gasteiger partial charge in [-0.2, -0.15) is 0 Å². The fourth-order valence-corrected chi connectivity index (χ4v) is 1.56. The summed E-state index contributed by atoms with van der Waals surface area (Å²) >= 11 is 9.01. The smallest absolute Gasteiger partial charge is 0.258 e. The van der Waals surface area contributed by atoms with E-state index < -0.39 is 4.92 Å². The van der Waals surface area contributed by atoms with E-state index in [2.05, 4.69) is 25.9 Å². The van der Waals surface area contributed by atoms with Crippen LogP contribution in [0.3, 0.4) is 0 Å². The summed E-state index contributed by atoms with van der Waals surface area (Å²) in [5.74, 6) is 0.349. The number of rotatable bonds is 2. The van der Waals surface area contributed by atoms with Crippen LogP contribution in [0.2, 0.25) is 5.15 Å². The number of nitro groups is 1. The SMILES string of the molecule is O=[N+]([O-])c1cccc(-c2ncc(Br)c(Cl)n2)c1. The molecule has 0 bridgehead atoms. The maximum atomic E-state index is 10.6. The molecule has 0 amide bonds. The van der Waals surface area contributed by atoms with Crippen molar-refractivity contribution in [2.24, 2.45) is 0 Å². The topological polar surface area (TPSA) is 68.9 Å². The number of nitro benzene ring substituents is 1. The first-order valence-corrected chi connectivity index (χ1v) is 5.68. The molecule has 0 aliphatic heterocycles. The zero-order chi connectivity index (χ0) is 12.4. The Morgan fingerprint density at radius 2 is 2.18 bits per heavy atom. The van der Waals surface area contributed by atoms with Gasteiger partial charge in [-0.05, 0) is 15.9 Å². The second kappa shape index (κ2) is 4.77. The molecule has 0 unspecified atom stereocenters. The molecule has 1 aromatic heterocycles. The van der Waals surface area contributed by atoms with Crippen LogP contribution in [-0.4, -0.2) is 14.9 Å². The van der Waals surface area contributed by atoms with Crippen LogP contribution in [0.4, 0.5) is 5.69 Å². The maximum Gasteiger partial charge on any atom is 0.270 e. The third-order valence-electron chi connectivity index (χ3n) is 2.02. The summed E-state index contributed by atoms with van der Waals surface area (Å²) in [6.07, 6.45) is 1.50. The zero-order valence-electron chi connectivity index (χ0n) is 8.30. The number of halogens is 2. The Hall–Kier alpha value is -1.53. The van der Waals surface area contributed by atoms with Gasteiger partial charge < -0.3 is 0 Å². The number of nitrogens with zero attached hydrogens (tertiary/aromatic N) is 3. The normalized spacial score (nSPS) is 10.2. The van der Waals surface area contributed by atoms with Gasteiger partial charge in [0.05, 0.1) is 9.40 Å². The van der Waals surface area contributed by atoms with Gasteiger partial charge >= 0.3 is 0 Å². The second-order valence-electron chi connectivity index (χ2n) is 3.14.